The summed E-state index contributed by atoms with van der Waals surface area (Å²) in [6, 6.07) is 8.88. The molecule has 0 saturated carbocycles. The highest BCUT2D eigenvalue weighted by Gasteiger charge is 2.17. The Kier molecular flexibility index (Phi) is 5.54. The van der Waals surface area contributed by atoms with Crippen molar-refractivity contribution in [1.82, 2.24) is 0 Å². The molecule has 0 radical (unpaired) electrons. The summed E-state index contributed by atoms with van der Waals surface area (Å²) in [7, 11) is 0. The summed E-state index contributed by atoms with van der Waals surface area (Å²) in [4.78, 5) is 0. The second-order valence-corrected chi connectivity index (χ2v) is 4.77. The Morgan fingerprint density at radius 2 is 1.50 bits per heavy atom. The Morgan fingerprint density at radius 1 is 1.00 bits per heavy atom. The number of nitrogens with two attached hydrogens (primary N) is 1. The maximum atomic E-state index is 6.36. The molecule has 1 rings (SSSR count). The van der Waals surface area contributed by atoms with Gasteiger partial charge < -0.3 is 5.73 Å². The van der Waals surface area contributed by atoms with Crippen molar-refractivity contribution in [2.75, 3.05) is 0 Å². The fourth-order valence-corrected chi connectivity index (χ4v) is 2.31. The zero-order valence-corrected chi connectivity index (χ0v) is 10.9. The van der Waals surface area contributed by atoms with Crippen molar-refractivity contribution in [2.24, 2.45) is 11.7 Å². The van der Waals surface area contributed by atoms with Gasteiger partial charge in [0.15, 0.2) is 0 Å². The van der Waals surface area contributed by atoms with Crippen LogP contribution in [0.5, 0.6) is 0 Å². The molecule has 0 fully saturated rings. The van der Waals surface area contributed by atoms with Crippen LogP contribution in [-0.2, 0) is 0 Å². The lowest BCUT2D eigenvalue weighted by atomic mass is 9.86. The summed E-state index contributed by atoms with van der Waals surface area (Å²) in [5.41, 5.74) is 8.95. The van der Waals surface area contributed by atoms with E-state index in [2.05, 4.69) is 45.0 Å². The van der Waals surface area contributed by atoms with E-state index in [1.165, 1.54) is 36.8 Å². The average Bonchev–Trinajstić information content (AvgIpc) is 2.29. The van der Waals surface area contributed by atoms with E-state index in [-0.39, 0.29) is 6.04 Å². The lowest BCUT2D eigenvalue weighted by Gasteiger charge is -2.23. The SMILES string of the molecule is CCCC(CCC)C(N)c1ccc(C)cc1. The van der Waals surface area contributed by atoms with Crippen LogP contribution < -0.4 is 5.73 Å². The van der Waals surface area contributed by atoms with Gasteiger partial charge in [-0.1, -0.05) is 56.5 Å². The van der Waals surface area contributed by atoms with Crippen LogP contribution in [0.15, 0.2) is 24.3 Å². The molecule has 1 aromatic rings. The summed E-state index contributed by atoms with van der Waals surface area (Å²) in [6.07, 6.45) is 4.93. The van der Waals surface area contributed by atoms with Gasteiger partial charge in [0.25, 0.3) is 0 Å². The van der Waals surface area contributed by atoms with Crippen LogP contribution in [0, 0.1) is 12.8 Å². The molecule has 0 aliphatic heterocycles. The molecule has 1 unspecified atom stereocenters. The van der Waals surface area contributed by atoms with E-state index >= 15 is 0 Å². The predicted molar refractivity (Wildman–Crippen MR) is 71.4 cm³/mol. The van der Waals surface area contributed by atoms with Gasteiger partial charge in [0.1, 0.15) is 0 Å². The number of aryl methyl sites for hydroxylation is 1. The van der Waals surface area contributed by atoms with Crippen molar-refractivity contribution >= 4 is 0 Å². The van der Waals surface area contributed by atoms with Gasteiger partial charge in [-0.05, 0) is 31.2 Å². The first kappa shape index (κ1) is 13.2. The molecule has 0 amide bonds. The third-order valence-corrected chi connectivity index (χ3v) is 3.29. The van der Waals surface area contributed by atoms with Gasteiger partial charge in [0.05, 0.1) is 0 Å². The van der Waals surface area contributed by atoms with E-state index in [0.717, 1.165) is 0 Å². The number of hydrogen-bond donors (Lipinski definition) is 1. The van der Waals surface area contributed by atoms with E-state index in [1.54, 1.807) is 0 Å². The molecular weight excluding hydrogens is 194 g/mol. The molecule has 1 heteroatoms. The highest BCUT2D eigenvalue weighted by atomic mass is 14.6. The minimum Gasteiger partial charge on any atom is -0.324 e. The first-order valence-electron chi connectivity index (χ1n) is 6.51. The fourth-order valence-electron chi connectivity index (χ4n) is 2.31. The molecule has 90 valence electrons. The van der Waals surface area contributed by atoms with Crippen LogP contribution in [0.3, 0.4) is 0 Å². The Hall–Kier alpha value is -0.820. The first-order chi connectivity index (χ1) is 7.69. The Balaban J connectivity index is 2.72. The molecule has 0 aliphatic carbocycles. The van der Waals surface area contributed by atoms with Gasteiger partial charge in [-0.2, -0.15) is 0 Å². The molecule has 16 heavy (non-hydrogen) atoms. The van der Waals surface area contributed by atoms with Crippen LogP contribution in [0.25, 0.3) is 0 Å². The van der Waals surface area contributed by atoms with Gasteiger partial charge in [-0.3, -0.25) is 0 Å². The van der Waals surface area contributed by atoms with E-state index < -0.39 is 0 Å². The van der Waals surface area contributed by atoms with Gasteiger partial charge >= 0.3 is 0 Å². The van der Waals surface area contributed by atoms with Gasteiger partial charge in [-0.15, -0.1) is 0 Å². The first-order valence-corrected chi connectivity index (χ1v) is 6.51. The highest BCUT2D eigenvalue weighted by molar-refractivity contribution is 5.24. The Bertz CT molecular complexity index is 283. The molecule has 1 nitrogen and oxygen atoms in total. The Morgan fingerprint density at radius 3 is 1.94 bits per heavy atom. The van der Waals surface area contributed by atoms with Gasteiger partial charge in [0.2, 0.25) is 0 Å². The molecular formula is C15H25N. The van der Waals surface area contributed by atoms with Crippen LogP contribution in [0.1, 0.15) is 56.7 Å². The number of hydrogen-bond acceptors (Lipinski definition) is 1. The zero-order chi connectivity index (χ0) is 12.0. The number of benzene rings is 1. The lowest BCUT2D eigenvalue weighted by molar-refractivity contribution is 0.368. The van der Waals surface area contributed by atoms with E-state index in [0.29, 0.717) is 5.92 Å². The van der Waals surface area contributed by atoms with Crippen LogP contribution >= 0.6 is 0 Å². The maximum Gasteiger partial charge on any atom is 0.0323 e. The van der Waals surface area contributed by atoms with Crippen LogP contribution in [0.4, 0.5) is 0 Å². The van der Waals surface area contributed by atoms with Crippen molar-refractivity contribution in [3.8, 4) is 0 Å². The van der Waals surface area contributed by atoms with E-state index in [4.69, 9.17) is 5.73 Å². The zero-order valence-electron chi connectivity index (χ0n) is 10.9. The highest BCUT2D eigenvalue weighted by Crippen LogP contribution is 2.27. The van der Waals surface area contributed by atoms with Gasteiger partial charge in [0, 0.05) is 6.04 Å². The summed E-state index contributed by atoms with van der Waals surface area (Å²) in [5.74, 6) is 0.637. The quantitative estimate of drug-likeness (QED) is 0.762. The Labute approximate surface area is 100 Å². The van der Waals surface area contributed by atoms with Crippen molar-refractivity contribution in [3.05, 3.63) is 35.4 Å². The second kappa shape index (κ2) is 6.70. The molecule has 0 saturated heterocycles. The van der Waals surface area contributed by atoms with Crippen molar-refractivity contribution in [3.63, 3.8) is 0 Å². The second-order valence-electron chi connectivity index (χ2n) is 4.77. The van der Waals surface area contributed by atoms with Gasteiger partial charge in [-0.25, -0.2) is 0 Å². The smallest absolute Gasteiger partial charge is 0.0323 e. The normalized spacial score (nSPS) is 13.1. The molecule has 0 bridgehead atoms. The predicted octanol–water partition coefficient (Wildman–Crippen LogP) is 4.21. The monoisotopic (exact) mass is 219 g/mol. The molecule has 0 heterocycles. The molecule has 1 aromatic carbocycles. The van der Waals surface area contributed by atoms with Crippen molar-refractivity contribution in [2.45, 2.75) is 52.5 Å². The summed E-state index contributed by atoms with van der Waals surface area (Å²) in [6.45, 7) is 6.60. The standard InChI is InChI=1S/C15H25N/c1-4-6-13(7-5-2)15(16)14-10-8-12(3)9-11-14/h8-11,13,15H,4-7,16H2,1-3H3. The average molecular weight is 219 g/mol. The fraction of sp³-hybridized carbons (Fsp3) is 0.600. The van der Waals surface area contributed by atoms with Crippen LogP contribution in [0.2, 0.25) is 0 Å². The topological polar surface area (TPSA) is 26.0 Å². The minimum atomic E-state index is 0.209. The maximum absolute atomic E-state index is 6.36. The van der Waals surface area contributed by atoms with E-state index in [1.807, 2.05) is 0 Å². The molecule has 2 N–H and O–H groups in total. The van der Waals surface area contributed by atoms with Crippen molar-refractivity contribution < 1.29 is 0 Å². The van der Waals surface area contributed by atoms with E-state index in [9.17, 15) is 0 Å². The molecule has 0 aromatic heterocycles. The van der Waals surface area contributed by atoms with Crippen molar-refractivity contribution in [1.29, 1.82) is 0 Å². The summed E-state index contributed by atoms with van der Waals surface area (Å²) < 4.78 is 0. The molecule has 0 spiro atoms. The summed E-state index contributed by atoms with van der Waals surface area (Å²) in [5, 5.41) is 0. The third kappa shape index (κ3) is 3.64. The van der Waals surface area contributed by atoms with Crippen LogP contribution in [-0.4, -0.2) is 0 Å². The summed E-state index contributed by atoms with van der Waals surface area (Å²) >= 11 is 0. The molecule has 1 atom stereocenters. The lowest BCUT2D eigenvalue weighted by Crippen LogP contribution is -2.21. The number of rotatable bonds is 6. The molecule has 0 aliphatic rings. The largest absolute Gasteiger partial charge is 0.324 e. The minimum absolute atomic E-state index is 0.209. The third-order valence-electron chi connectivity index (χ3n) is 3.29.